The molecule has 0 fully saturated rings. The molecule has 2 rings (SSSR count). The number of benzene rings is 2. The van der Waals surface area contributed by atoms with Crippen molar-refractivity contribution in [3.05, 3.63) is 66.7 Å². The highest BCUT2D eigenvalue weighted by Crippen LogP contribution is 2.28. The van der Waals surface area contributed by atoms with Crippen LogP contribution in [0.1, 0.15) is 10.4 Å². The molecule has 0 bridgehead atoms. The van der Waals surface area contributed by atoms with Crippen LogP contribution in [0.4, 0.5) is 14.5 Å². The lowest BCUT2D eigenvalue weighted by Gasteiger charge is -2.13. The van der Waals surface area contributed by atoms with Crippen molar-refractivity contribution in [1.82, 2.24) is 0 Å². The third-order valence-corrected chi connectivity index (χ3v) is 3.91. The minimum absolute atomic E-state index is 0.0522. The Morgan fingerprint density at radius 2 is 1.91 bits per heavy atom. The van der Waals surface area contributed by atoms with Crippen molar-refractivity contribution >= 4 is 23.4 Å². The highest BCUT2D eigenvalue weighted by molar-refractivity contribution is 7.99. The van der Waals surface area contributed by atoms with E-state index in [4.69, 9.17) is 0 Å². The molecule has 2 aromatic rings. The van der Waals surface area contributed by atoms with E-state index < -0.39 is 12.5 Å². The second-order valence-electron chi connectivity index (χ2n) is 4.42. The Bertz CT molecular complexity index is 692. The van der Waals surface area contributed by atoms with Crippen LogP contribution in [-0.4, -0.2) is 18.3 Å². The summed E-state index contributed by atoms with van der Waals surface area (Å²) in [5, 5.41) is 2.73. The predicted molar refractivity (Wildman–Crippen MR) is 88.4 cm³/mol. The molecule has 1 N–H and O–H groups in total. The van der Waals surface area contributed by atoms with Gasteiger partial charge in [-0.3, -0.25) is 4.79 Å². The summed E-state index contributed by atoms with van der Waals surface area (Å²) in [6.45, 7) is 0.671. The van der Waals surface area contributed by atoms with E-state index in [1.807, 2.05) is 12.1 Å². The zero-order valence-electron chi connectivity index (χ0n) is 12.2. The lowest BCUT2D eigenvalue weighted by molar-refractivity contribution is -0.0501. The zero-order chi connectivity index (χ0) is 16.7. The summed E-state index contributed by atoms with van der Waals surface area (Å²) < 4.78 is 29.2. The molecule has 0 atom stereocenters. The van der Waals surface area contributed by atoms with E-state index in [2.05, 4.69) is 16.6 Å². The Kier molecular flexibility index (Phi) is 6.17. The van der Waals surface area contributed by atoms with Crippen LogP contribution in [0, 0.1) is 0 Å². The number of alkyl halides is 2. The van der Waals surface area contributed by atoms with Crippen molar-refractivity contribution in [3.63, 3.8) is 0 Å². The lowest BCUT2D eigenvalue weighted by Crippen LogP contribution is -2.15. The molecule has 0 aliphatic carbocycles. The Morgan fingerprint density at radius 3 is 2.65 bits per heavy atom. The molecule has 1 amide bonds. The number of rotatable bonds is 7. The van der Waals surface area contributed by atoms with Gasteiger partial charge in [-0.15, -0.1) is 18.3 Å². The van der Waals surface area contributed by atoms with E-state index in [1.54, 1.807) is 24.3 Å². The van der Waals surface area contributed by atoms with Gasteiger partial charge in [-0.2, -0.15) is 8.78 Å². The molecule has 0 unspecified atom stereocenters. The summed E-state index contributed by atoms with van der Waals surface area (Å²) in [7, 11) is 0. The third kappa shape index (κ3) is 4.82. The van der Waals surface area contributed by atoms with Gasteiger partial charge in [0.25, 0.3) is 5.91 Å². The number of hydrogen-bond acceptors (Lipinski definition) is 3. The van der Waals surface area contributed by atoms with Gasteiger partial charge in [-0.25, -0.2) is 0 Å². The molecular formula is C17H15F2NO2S. The molecule has 2 aromatic carbocycles. The number of hydrogen-bond donors (Lipinski definition) is 1. The molecule has 0 saturated heterocycles. The molecule has 0 spiro atoms. The van der Waals surface area contributed by atoms with E-state index in [1.165, 1.54) is 30.0 Å². The minimum atomic E-state index is -2.99. The van der Waals surface area contributed by atoms with Crippen LogP contribution in [0.15, 0.2) is 66.1 Å². The van der Waals surface area contributed by atoms with Gasteiger partial charge in [0.2, 0.25) is 0 Å². The van der Waals surface area contributed by atoms with Gasteiger partial charge in [-0.1, -0.05) is 30.3 Å². The first-order valence-corrected chi connectivity index (χ1v) is 7.78. The van der Waals surface area contributed by atoms with Gasteiger partial charge >= 0.3 is 6.61 Å². The fourth-order valence-corrected chi connectivity index (χ4v) is 2.63. The first-order chi connectivity index (χ1) is 11.1. The second-order valence-corrected chi connectivity index (χ2v) is 5.49. The largest absolute Gasteiger partial charge is 0.434 e. The molecule has 0 radical (unpaired) electrons. The van der Waals surface area contributed by atoms with E-state index in [0.29, 0.717) is 11.4 Å². The summed E-state index contributed by atoms with van der Waals surface area (Å²) in [6.07, 6.45) is 1.76. The summed E-state index contributed by atoms with van der Waals surface area (Å²) in [6, 6.07) is 13.1. The van der Waals surface area contributed by atoms with Gasteiger partial charge in [0.05, 0.1) is 11.3 Å². The fourth-order valence-electron chi connectivity index (χ4n) is 1.89. The molecular weight excluding hydrogens is 320 g/mol. The van der Waals surface area contributed by atoms with Crippen molar-refractivity contribution in [3.8, 4) is 5.75 Å². The number of halogens is 2. The topological polar surface area (TPSA) is 38.3 Å². The molecule has 120 valence electrons. The Hall–Kier alpha value is -2.34. The van der Waals surface area contributed by atoms with Crippen LogP contribution in [0.25, 0.3) is 0 Å². The van der Waals surface area contributed by atoms with Crippen LogP contribution in [0.5, 0.6) is 5.75 Å². The first-order valence-electron chi connectivity index (χ1n) is 6.79. The maximum absolute atomic E-state index is 12.4. The quantitative estimate of drug-likeness (QED) is 0.582. The first kappa shape index (κ1) is 17.0. The van der Waals surface area contributed by atoms with Crippen molar-refractivity contribution in [1.29, 1.82) is 0 Å². The average Bonchev–Trinajstić information content (AvgIpc) is 2.54. The fraction of sp³-hybridized carbons (Fsp3) is 0.118. The van der Waals surface area contributed by atoms with Gasteiger partial charge in [-0.05, 0) is 24.3 Å². The molecule has 0 aliphatic heterocycles. The van der Waals surface area contributed by atoms with Gasteiger partial charge in [0, 0.05) is 10.6 Å². The standard InChI is InChI=1S/C17H15F2NO2S/c1-2-11-23-15-10-6-4-8-13(15)20-16(21)12-7-3-5-9-14(12)22-17(18)19/h2-10,17H,1,11H2,(H,20,21). The molecule has 23 heavy (non-hydrogen) atoms. The highest BCUT2D eigenvalue weighted by atomic mass is 32.2. The Balaban J connectivity index is 2.21. The monoisotopic (exact) mass is 335 g/mol. The van der Waals surface area contributed by atoms with Crippen LogP contribution in [-0.2, 0) is 0 Å². The Morgan fingerprint density at radius 1 is 1.22 bits per heavy atom. The summed E-state index contributed by atoms with van der Waals surface area (Å²) in [4.78, 5) is 13.2. The van der Waals surface area contributed by atoms with Crippen LogP contribution in [0.2, 0.25) is 0 Å². The van der Waals surface area contributed by atoms with Gasteiger partial charge in [0.1, 0.15) is 5.75 Å². The number of carbonyl (C=O) groups is 1. The number of anilines is 1. The molecule has 0 heterocycles. The predicted octanol–water partition coefficient (Wildman–Crippen LogP) is 4.82. The Labute approximate surface area is 137 Å². The molecule has 3 nitrogen and oxygen atoms in total. The number of nitrogens with one attached hydrogen (secondary N) is 1. The van der Waals surface area contributed by atoms with Crippen LogP contribution in [0.3, 0.4) is 0 Å². The smallest absolute Gasteiger partial charge is 0.387 e. The maximum Gasteiger partial charge on any atom is 0.387 e. The van der Waals surface area contributed by atoms with Crippen molar-refractivity contribution in [2.24, 2.45) is 0 Å². The molecule has 0 saturated carbocycles. The van der Waals surface area contributed by atoms with E-state index in [9.17, 15) is 13.6 Å². The number of carbonyl (C=O) groups excluding carboxylic acids is 1. The molecule has 6 heteroatoms. The van der Waals surface area contributed by atoms with E-state index >= 15 is 0 Å². The highest BCUT2D eigenvalue weighted by Gasteiger charge is 2.16. The maximum atomic E-state index is 12.4. The zero-order valence-corrected chi connectivity index (χ0v) is 13.0. The third-order valence-electron chi connectivity index (χ3n) is 2.84. The lowest BCUT2D eigenvalue weighted by atomic mass is 10.2. The van der Waals surface area contributed by atoms with Crippen molar-refractivity contribution in [2.75, 3.05) is 11.1 Å². The van der Waals surface area contributed by atoms with Crippen LogP contribution >= 0.6 is 11.8 Å². The second kappa shape index (κ2) is 8.33. The van der Waals surface area contributed by atoms with E-state index in [0.717, 1.165) is 4.90 Å². The normalized spacial score (nSPS) is 10.4. The number of thioether (sulfide) groups is 1. The average molecular weight is 335 g/mol. The number of ether oxygens (including phenoxy) is 1. The SMILES string of the molecule is C=CCSc1ccccc1NC(=O)c1ccccc1OC(F)F. The summed E-state index contributed by atoms with van der Waals surface area (Å²) in [5.41, 5.74) is 0.660. The van der Waals surface area contributed by atoms with E-state index in [-0.39, 0.29) is 11.3 Å². The number of amides is 1. The van der Waals surface area contributed by atoms with Crippen molar-refractivity contribution in [2.45, 2.75) is 11.5 Å². The van der Waals surface area contributed by atoms with Gasteiger partial charge in [0.15, 0.2) is 0 Å². The summed E-state index contributed by atoms with van der Waals surface area (Å²) in [5.74, 6) is 0.0296. The molecule has 0 aliphatic rings. The minimum Gasteiger partial charge on any atom is -0.434 e. The van der Waals surface area contributed by atoms with Crippen LogP contribution < -0.4 is 10.1 Å². The summed E-state index contributed by atoms with van der Waals surface area (Å²) >= 11 is 1.52. The van der Waals surface area contributed by atoms with Crippen molar-refractivity contribution < 1.29 is 18.3 Å². The van der Waals surface area contributed by atoms with Gasteiger partial charge < -0.3 is 10.1 Å². The number of para-hydroxylation sites is 2. The molecule has 0 aromatic heterocycles.